The summed E-state index contributed by atoms with van der Waals surface area (Å²) >= 11 is 0. The zero-order chi connectivity index (χ0) is 26.9. The van der Waals surface area contributed by atoms with Gasteiger partial charge in [0.25, 0.3) is 0 Å². The van der Waals surface area contributed by atoms with Crippen molar-refractivity contribution in [2.75, 3.05) is 19.6 Å². The van der Waals surface area contributed by atoms with Crippen LogP contribution in [-0.4, -0.2) is 40.4 Å². The molecule has 3 atom stereocenters. The van der Waals surface area contributed by atoms with Crippen LogP contribution in [0.5, 0.6) is 5.75 Å². The van der Waals surface area contributed by atoms with Gasteiger partial charge in [0.1, 0.15) is 18.6 Å². The molecule has 0 radical (unpaired) electrons. The summed E-state index contributed by atoms with van der Waals surface area (Å²) < 4.78 is 11.9. The molecule has 40 heavy (non-hydrogen) atoms. The SMILES string of the molecule is O=C1CN(Cc2coc(-c3ccc([C@@]4(c5ccc(OCc6ccccn6)cc5)C[C@@H]5CC[C@H]4C5)cc3)n2)CCN1. The molecule has 7 rings (SSSR count). The van der Waals surface area contributed by atoms with E-state index in [9.17, 15) is 4.79 Å². The van der Waals surface area contributed by atoms with E-state index in [1.54, 1.807) is 12.5 Å². The monoisotopic (exact) mass is 534 g/mol. The number of carbonyl (C=O) groups excluding carboxylic acids is 1. The minimum Gasteiger partial charge on any atom is -0.487 e. The number of carbonyl (C=O) groups is 1. The van der Waals surface area contributed by atoms with Crippen LogP contribution in [0.3, 0.4) is 0 Å². The van der Waals surface area contributed by atoms with Crippen LogP contribution in [0.25, 0.3) is 11.5 Å². The van der Waals surface area contributed by atoms with Crippen molar-refractivity contribution >= 4 is 5.91 Å². The normalized spacial score (nSPS) is 24.2. The van der Waals surface area contributed by atoms with Crippen LogP contribution >= 0.6 is 0 Å². The van der Waals surface area contributed by atoms with Crippen molar-refractivity contribution in [2.24, 2.45) is 11.8 Å². The van der Waals surface area contributed by atoms with Gasteiger partial charge in [0, 0.05) is 36.8 Å². The second-order valence-corrected chi connectivity index (χ2v) is 11.5. The number of nitrogens with zero attached hydrogens (tertiary/aromatic N) is 3. The van der Waals surface area contributed by atoms with E-state index in [-0.39, 0.29) is 11.3 Å². The van der Waals surface area contributed by atoms with Crippen molar-refractivity contribution in [3.8, 4) is 17.2 Å². The van der Waals surface area contributed by atoms with Gasteiger partial charge >= 0.3 is 0 Å². The quantitative estimate of drug-likeness (QED) is 0.328. The first kappa shape index (κ1) is 25.0. The van der Waals surface area contributed by atoms with Crippen LogP contribution < -0.4 is 10.1 Å². The predicted molar refractivity (Wildman–Crippen MR) is 151 cm³/mol. The summed E-state index contributed by atoms with van der Waals surface area (Å²) in [6.07, 6.45) is 8.62. The standard InChI is InChI=1S/C33H34N4O3/c38-31-20-37(16-15-35-31)19-29-22-40-32(36-29)24-5-8-25(9-6-24)33(18-23-4-7-27(33)17-23)26-10-12-30(13-11-26)39-21-28-3-1-2-14-34-28/h1-3,5-6,8-14,22-23,27H,4,7,15-21H2,(H,35,38)/t23-,27+,33-/m1/s1. The predicted octanol–water partition coefficient (Wildman–Crippen LogP) is 5.35. The van der Waals surface area contributed by atoms with E-state index in [1.807, 2.05) is 18.2 Å². The number of rotatable bonds is 8. The largest absolute Gasteiger partial charge is 0.487 e. The molecule has 7 heteroatoms. The smallest absolute Gasteiger partial charge is 0.234 e. The molecule has 3 heterocycles. The molecule has 7 nitrogen and oxygen atoms in total. The van der Waals surface area contributed by atoms with Crippen LogP contribution in [0.4, 0.5) is 0 Å². The summed E-state index contributed by atoms with van der Waals surface area (Å²) in [6, 6.07) is 23.5. The molecule has 2 saturated carbocycles. The summed E-state index contributed by atoms with van der Waals surface area (Å²) in [5, 5.41) is 2.86. The maximum Gasteiger partial charge on any atom is 0.234 e. The number of aromatic nitrogens is 2. The molecule has 4 aromatic rings. The van der Waals surface area contributed by atoms with Gasteiger partial charge < -0.3 is 14.5 Å². The minimum atomic E-state index is 0.0253. The third kappa shape index (κ3) is 4.79. The minimum absolute atomic E-state index is 0.0253. The topological polar surface area (TPSA) is 80.5 Å². The van der Waals surface area contributed by atoms with E-state index in [1.165, 1.54) is 36.8 Å². The van der Waals surface area contributed by atoms with Crippen LogP contribution in [0.2, 0.25) is 0 Å². The van der Waals surface area contributed by atoms with Crippen LogP contribution in [0, 0.1) is 11.8 Å². The van der Waals surface area contributed by atoms with Crippen molar-refractivity contribution in [1.29, 1.82) is 0 Å². The van der Waals surface area contributed by atoms with Gasteiger partial charge in [0.15, 0.2) is 0 Å². The number of piperazine rings is 1. The Morgan fingerprint density at radius 1 is 1.00 bits per heavy atom. The average Bonchev–Trinajstić information content (AvgIpc) is 3.75. The third-order valence-corrected chi connectivity index (χ3v) is 9.03. The fourth-order valence-electron chi connectivity index (χ4n) is 7.17. The first-order valence-electron chi connectivity index (χ1n) is 14.3. The Kier molecular flexibility index (Phi) is 6.60. The number of ether oxygens (including phenoxy) is 1. The molecule has 2 bridgehead atoms. The fourth-order valence-corrected chi connectivity index (χ4v) is 7.17. The van der Waals surface area contributed by atoms with Crippen LogP contribution in [0.1, 0.15) is 48.2 Å². The third-order valence-electron chi connectivity index (χ3n) is 9.03. The Morgan fingerprint density at radius 2 is 1.82 bits per heavy atom. The van der Waals surface area contributed by atoms with E-state index in [2.05, 4.69) is 63.7 Å². The summed E-state index contributed by atoms with van der Waals surface area (Å²) in [6.45, 7) is 2.98. The lowest BCUT2D eigenvalue weighted by Gasteiger charge is -2.39. The summed E-state index contributed by atoms with van der Waals surface area (Å²) in [4.78, 5) is 22.9. The number of hydrogen-bond donors (Lipinski definition) is 1. The molecule has 1 saturated heterocycles. The number of fused-ring (bicyclic) bond motifs is 2. The van der Waals surface area contributed by atoms with Gasteiger partial charge in [-0.15, -0.1) is 0 Å². The number of pyridine rings is 1. The van der Waals surface area contributed by atoms with Crippen molar-refractivity contribution < 1.29 is 13.9 Å². The average molecular weight is 535 g/mol. The molecule has 2 aliphatic carbocycles. The van der Waals surface area contributed by atoms with Crippen molar-refractivity contribution in [3.05, 3.63) is 102 Å². The maximum absolute atomic E-state index is 11.7. The van der Waals surface area contributed by atoms with Gasteiger partial charge in [-0.05, 0) is 78.6 Å². The number of oxazole rings is 1. The van der Waals surface area contributed by atoms with Crippen molar-refractivity contribution in [3.63, 3.8) is 0 Å². The molecule has 2 aromatic carbocycles. The molecule has 0 spiro atoms. The summed E-state index contributed by atoms with van der Waals surface area (Å²) in [7, 11) is 0. The molecule has 1 N–H and O–H groups in total. The summed E-state index contributed by atoms with van der Waals surface area (Å²) in [5.41, 5.74) is 5.52. The number of nitrogens with one attached hydrogen (secondary N) is 1. The molecule has 1 aliphatic heterocycles. The van der Waals surface area contributed by atoms with E-state index >= 15 is 0 Å². The number of benzene rings is 2. The second kappa shape index (κ2) is 10.5. The highest BCUT2D eigenvalue weighted by atomic mass is 16.5. The highest BCUT2D eigenvalue weighted by Crippen LogP contribution is 2.60. The molecular weight excluding hydrogens is 500 g/mol. The highest BCUT2D eigenvalue weighted by molar-refractivity contribution is 5.78. The van der Waals surface area contributed by atoms with Gasteiger partial charge in [0.2, 0.25) is 11.8 Å². The van der Waals surface area contributed by atoms with Crippen molar-refractivity contribution in [2.45, 2.75) is 44.2 Å². The molecule has 2 aromatic heterocycles. The zero-order valence-electron chi connectivity index (χ0n) is 22.6. The van der Waals surface area contributed by atoms with E-state index in [0.717, 1.165) is 35.2 Å². The first-order chi connectivity index (χ1) is 19.7. The van der Waals surface area contributed by atoms with Gasteiger partial charge in [-0.1, -0.05) is 36.8 Å². The first-order valence-corrected chi connectivity index (χ1v) is 14.3. The molecule has 1 amide bonds. The Morgan fingerprint density at radius 3 is 2.52 bits per heavy atom. The Bertz CT molecular complexity index is 1470. The van der Waals surface area contributed by atoms with Crippen LogP contribution in [0.15, 0.2) is 83.6 Å². The van der Waals surface area contributed by atoms with Gasteiger partial charge in [-0.25, -0.2) is 4.98 Å². The van der Waals surface area contributed by atoms with Crippen LogP contribution in [-0.2, 0) is 23.4 Å². The zero-order valence-corrected chi connectivity index (χ0v) is 22.6. The second-order valence-electron chi connectivity index (χ2n) is 11.5. The van der Waals surface area contributed by atoms with Gasteiger partial charge in [-0.2, -0.15) is 0 Å². The van der Waals surface area contributed by atoms with Crippen molar-refractivity contribution in [1.82, 2.24) is 20.2 Å². The van der Waals surface area contributed by atoms with Gasteiger partial charge in [0.05, 0.1) is 17.9 Å². The molecule has 204 valence electrons. The number of hydrogen-bond acceptors (Lipinski definition) is 6. The highest BCUT2D eigenvalue weighted by Gasteiger charge is 2.52. The Hall–Kier alpha value is -3.97. The lowest BCUT2D eigenvalue weighted by Crippen LogP contribution is -2.47. The van der Waals surface area contributed by atoms with E-state index < -0.39 is 0 Å². The summed E-state index contributed by atoms with van der Waals surface area (Å²) in [5.74, 6) is 2.99. The molecule has 0 unspecified atom stereocenters. The molecular formula is C33H34N4O3. The van der Waals surface area contributed by atoms with E-state index in [0.29, 0.717) is 38.0 Å². The Balaban J connectivity index is 1.10. The lowest BCUT2D eigenvalue weighted by molar-refractivity contribution is -0.124. The number of amides is 1. The lowest BCUT2D eigenvalue weighted by atomic mass is 9.64. The fraction of sp³-hybridized carbons (Fsp3) is 0.364. The molecule has 3 aliphatic rings. The van der Waals surface area contributed by atoms with E-state index in [4.69, 9.17) is 14.1 Å². The Labute approximate surface area is 234 Å². The maximum atomic E-state index is 11.7. The van der Waals surface area contributed by atoms with Gasteiger partial charge in [-0.3, -0.25) is 14.7 Å². The molecule has 3 fully saturated rings.